The zero-order chi connectivity index (χ0) is 28.1. The first-order valence-electron chi connectivity index (χ1n) is 11.5. The van der Waals surface area contributed by atoms with E-state index in [0.717, 1.165) is 27.0 Å². The van der Waals surface area contributed by atoms with Crippen molar-refractivity contribution in [3.63, 3.8) is 0 Å². The summed E-state index contributed by atoms with van der Waals surface area (Å²) in [6, 6.07) is 16.7. The Morgan fingerprint density at radius 1 is 0.949 bits per heavy atom. The van der Waals surface area contributed by atoms with Gasteiger partial charge in [0.15, 0.2) is 0 Å². The van der Waals surface area contributed by atoms with Crippen LogP contribution < -0.4 is 22.2 Å². The molecule has 0 atom stereocenters. The number of nitrogens with zero attached hydrogens (tertiary/aromatic N) is 2. The van der Waals surface area contributed by atoms with Gasteiger partial charge in [0.25, 0.3) is 5.91 Å². The summed E-state index contributed by atoms with van der Waals surface area (Å²) < 4.78 is 0. The van der Waals surface area contributed by atoms with Crippen molar-refractivity contribution >= 4 is 58.2 Å². The fourth-order valence-electron chi connectivity index (χ4n) is 3.68. The minimum absolute atomic E-state index is 0.256. The number of H-pyrrole nitrogens is 1. The van der Waals surface area contributed by atoms with E-state index in [1.807, 2.05) is 25.1 Å². The third-order valence-electron chi connectivity index (χ3n) is 5.61. The van der Waals surface area contributed by atoms with Gasteiger partial charge in [0.05, 0.1) is 22.4 Å². The molecule has 8 N–H and O–H groups in total. The Labute approximate surface area is 226 Å². The van der Waals surface area contributed by atoms with Crippen LogP contribution in [0.4, 0.5) is 5.69 Å². The van der Waals surface area contributed by atoms with E-state index in [2.05, 4.69) is 20.5 Å². The molecule has 0 aliphatic carbocycles. The van der Waals surface area contributed by atoms with Gasteiger partial charge in [-0.25, -0.2) is 4.98 Å². The van der Waals surface area contributed by atoms with Crippen molar-refractivity contribution in [2.24, 2.45) is 11.5 Å². The van der Waals surface area contributed by atoms with Crippen molar-refractivity contribution in [2.45, 2.75) is 6.92 Å². The average molecular weight is 542 g/mol. The first kappa shape index (κ1) is 27.2. The Bertz CT molecular complexity index is 1680. The summed E-state index contributed by atoms with van der Waals surface area (Å²) in [6.07, 6.45) is 1.65. The van der Waals surface area contributed by atoms with Crippen LogP contribution in [0.1, 0.15) is 36.2 Å². The highest BCUT2D eigenvalue weighted by Crippen LogP contribution is 2.31. The molecule has 13 heteroatoms. The van der Waals surface area contributed by atoms with Crippen LogP contribution in [0, 0.1) is 6.92 Å². The lowest BCUT2D eigenvalue weighted by Crippen LogP contribution is -2.30. The molecular weight excluding hydrogens is 519 g/mol. The van der Waals surface area contributed by atoms with Gasteiger partial charge in [0.1, 0.15) is 5.69 Å². The normalized spacial score (nSPS) is 10.4. The number of aromatic amines is 1. The van der Waals surface area contributed by atoms with Crippen LogP contribution in [0.5, 0.6) is 0 Å². The monoisotopic (exact) mass is 542 g/mol. The smallest absolute Gasteiger partial charge is 0.423 e. The SMILES string of the molecule is Cc1nc(C(=O)Nc2cc(-c3cccc(C(N)=O)c3)cc3[nH]ncc23)cs1.NC(=O)c1cccc(B(O)O)c1. The molecule has 11 nitrogen and oxygen atoms in total. The molecule has 3 amide bonds. The number of carbonyl (C=O) groups is 3. The second kappa shape index (κ2) is 11.7. The highest BCUT2D eigenvalue weighted by Gasteiger charge is 2.15. The van der Waals surface area contributed by atoms with Gasteiger partial charge in [-0.2, -0.15) is 5.10 Å². The van der Waals surface area contributed by atoms with Gasteiger partial charge >= 0.3 is 7.12 Å². The van der Waals surface area contributed by atoms with Crippen LogP contribution in [-0.4, -0.2) is 50.1 Å². The van der Waals surface area contributed by atoms with E-state index in [1.165, 1.54) is 35.6 Å². The Morgan fingerprint density at radius 3 is 2.28 bits per heavy atom. The molecule has 3 aromatic carbocycles. The standard InChI is InChI=1S/C19H15N5O2S.C7H8BNO3/c1-10-22-17(9-27-10)19(26)23-15-6-13(7-16-14(15)8-21-24-16)11-3-2-4-12(5-11)18(20)25;9-7(10)5-2-1-3-6(4-5)8(11)12/h2-9H,1H3,(H2,20,25)(H,21,24)(H,23,26);1-4,11-12H,(H2,9,10). The quantitative estimate of drug-likeness (QED) is 0.176. The maximum atomic E-state index is 12.5. The molecule has 39 heavy (non-hydrogen) atoms. The van der Waals surface area contributed by atoms with Crippen LogP contribution >= 0.6 is 11.3 Å². The fraction of sp³-hybridized carbons (Fsp3) is 0.0385. The number of aryl methyl sites for hydroxylation is 1. The molecule has 0 aliphatic rings. The summed E-state index contributed by atoms with van der Waals surface area (Å²) in [4.78, 5) is 38.8. The van der Waals surface area contributed by atoms with Gasteiger partial charge in [-0.15, -0.1) is 11.3 Å². The number of fused-ring (bicyclic) bond motifs is 1. The number of benzene rings is 3. The lowest BCUT2D eigenvalue weighted by atomic mass is 9.79. The summed E-state index contributed by atoms with van der Waals surface area (Å²) in [5.41, 5.74) is 14.7. The number of hydrogen-bond acceptors (Lipinski definition) is 8. The number of aromatic nitrogens is 3. The number of amides is 3. The van der Waals surface area contributed by atoms with Crippen molar-refractivity contribution in [3.8, 4) is 11.1 Å². The van der Waals surface area contributed by atoms with Crippen molar-refractivity contribution in [1.29, 1.82) is 0 Å². The predicted octanol–water partition coefficient (Wildman–Crippen LogP) is 1.81. The molecule has 0 bridgehead atoms. The molecule has 0 fully saturated rings. The molecule has 0 unspecified atom stereocenters. The first-order chi connectivity index (χ1) is 18.6. The first-order valence-corrected chi connectivity index (χ1v) is 12.4. The number of thiazole rings is 1. The maximum absolute atomic E-state index is 12.5. The van der Waals surface area contributed by atoms with Gasteiger partial charge < -0.3 is 26.8 Å². The van der Waals surface area contributed by atoms with Gasteiger partial charge in [0.2, 0.25) is 11.8 Å². The maximum Gasteiger partial charge on any atom is 0.488 e. The lowest BCUT2D eigenvalue weighted by molar-refractivity contribution is 0.0992. The third-order valence-corrected chi connectivity index (χ3v) is 6.38. The Balaban J connectivity index is 0.000000247. The van der Waals surface area contributed by atoms with Crippen molar-refractivity contribution in [1.82, 2.24) is 15.2 Å². The highest BCUT2D eigenvalue weighted by molar-refractivity contribution is 7.09. The summed E-state index contributed by atoms with van der Waals surface area (Å²) in [6.45, 7) is 1.85. The molecule has 0 saturated heterocycles. The summed E-state index contributed by atoms with van der Waals surface area (Å²) in [5.74, 6) is -1.37. The van der Waals surface area contributed by atoms with E-state index in [0.29, 0.717) is 16.9 Å². The minimum Gasteiger partial charge on any atom is -0.423 e. The van der Waals surface area contributed by atoms with Gasteiger partial charge in [-0.05, 0) is 59.9 Å². The van der Waals surface area contributed by atoms with Crippen molar-refractivity contribution in [2.75, 3.05) is 5.32 Å². The van der Waals surface area contributed by atoms with Crippen LogP contribution in [0.15, 0.2) is 72.2 Å². The van der Waals surface area contributed by atoms with E-state index in [4.69, 9.17) is 21.5 Å². The van der Waals surface area contributed by atoms with Crippen molar-refractivity contribution in [3.05, 3.63) is 94.1 Å². The van der Waals surface area contributed by atoms with Crippen LogP contribution in [0.3, 0.4) is 0 Å². The highest BCUT2D eigenvalue weighted by atomic mass is 32.1. The number of rotatable bonds is 6. The topological polar surface area (TPSA) is 197 Å². The van der Waals surface area contributed by atoms with Crippen molar-refractivity contribution < 1.29 is 24.4 Å². The van der Waals surface area contributed by atoms with E-state index in [1.54, 1.807) is 29.8 Å². The molecule has 196 valence electrons. The molecule has 0 aliphatic heterocycles. The number of carbonyl (C=O) groups excluding carboxylic acids is 3. The summed E-state index contributed by atoms with van der Waals surface area (Å²) >= 11 is 1.42. The molecule has 2 aromatic heterocycles. The van der Waals surface area contributed by atoms with Crippen LogP contribution in [-0.2, 0) is 0 Å². The predicted molar refractivity (Wildman–Crippen MR) is 150 cm³/mol. The van der Waals surface area contributed by atoms with E-state index < -0.39 is 18.9 Å². The molecule has 5 aromatic rings. The fourth-order valence-corrected chi connectivity index (χ4v) is 4.27. The van der Waals surface area contributed by atoms with Crippen LogP contribution in [0.25, 0.3) is 22.0 Å². The zero-order valence-electron chi connectivity index (χ0n) is 20.6. The number of anilines is 1. The number of primary amides is 2. The Hall–Kier alpha value is -4.85. The molecule has 0 spiro atoms. The van der Waals surface area contributed by atoms with Gasteiger partial charge in [0, 0.05) is 21.9 Å². The molecular formula is C26H23BN6O5S. The lowest BCUT2D eigenvalue weighted by Gasteiger charge is -2.09. The number of nitrogens with two attached hydrogens (primary N) is 2. The average Bonchev–Trinajstić information content (AvgIpc) is 3.58. The van der Waals surface area contributed by atoms with Crippen LogP contribution in [0.2, 0.25) is 0 Å². The van der Waals surface area contributed by atoms with E-state index >= 15 is 0 Å². The molecule has 5 rings (SSSR count). The molecule has 2 heterocycles. The zero-order valence-corrected chi connectivity index (χ0v) is 21.4. The second-order valence-corrected chi connectivity index (χ2v) is 9.43. The second-order valence-electron chi connectivity index (χ2n) is 8.37. The number of nitrogens with one attached hydrogen (secondary N) is 2. The van der Waals surface area contributed by atoms with E-state index in [9.17, 15) is 14.4 Å². The Kier molecular flexibility index (Phi) is 8.15. The number of hydrogen-bond donors (Lipinski definition) is 6. The minimum atomic E-state index is -1.57. The summed E-state index contributed by atoms with van der Waals surface area (Å²) in [7, 11) is -1.57. The molecule has 0 saturated carbocycles. The largest absolute Gasteiger partial charge is 0.488 e. The van der Waals surface area contributed by atoms with Gasteiger partial charge in [-0.3, -0.25) is 19.5 Å². The Morgan fingerprint density at radius 2 is 1.64 bits per heavy atom. The van der Waals surface area contributed by atoms with Gasteiger partial charge in [-0.1, -0.05) is 24.3 Å². The van der Waals surface area contributed by atoms with E-state index in [-0.39, 0.29) is 16.9 Å². The molecule has 0 radical (unpaired) electrons. The third kappa shape index (κ3) is 6.54. The summed E-state index contributed by atoms with van der Waals surface area (Å²) in [5, 5.41) is 30.7.